The van der Waals surface area contributed by atoms with E-state index in [4.69, 9.17) is 9.72 Å². The van der Waals surface area contributed by atoms with Crippen molar-refractivity contribution in [3.05, 3.63) is 35.5 Å². The van der Waals surface area contributed by atoms with Crippen molar-refractivity contribution in [1.29, 1.82) is 0 Å². The van der Waals surface area contributed by atoms with Gasteiger partial charge < -0.3 is 4.74 Å². The van der Waals surface area contributed by atoms with Crippen molar-refractivity contribution in [3.63, 3.8) is 0 Å². The lowest BCUT2D eigenvalue weighted by atomic mass is 9.82. The van der Waals surface area contributed by atoms with Crippen LogP contribution in [0.2, 0.25) is 0 Å². The van der Waals surface area contributed by atoms with Crippen LogP contribution in [-0.4, -0.2) is 42.6 Å². The highest BCUT2D eigenvalue weighted by molar-refractivity contribution is 5.71. The number of hydrogen-bond acceptors (Lipinski definition) is 6. The summed E-state index contributed by atoms with van der Waals surface area (Å²) in [7, 11) is 0. The predicted molar refractivity (Wildman–Crippen MR) is 100.0 cm³/mol. The lowest BCUT2D eigenvalue weighted by molar-refractivity contribution is -0.0105. The molecule has 142 valence electrons. The third-order valence-electron chi connectivity index (χ3n) is 5.03. The molecule has 2 aliphatic heterocycles. The van der Waals surface area contributed by atoms with Crippen LogP contribution in [-0.2, 0) is 11.2 Å². The molecule has 7 nitrogen and oxygen atoms in total. The van der Waals surface area contributed by atoms with E-state index in [1.807, 2.05) is 32.6 Å². The van der Waals surface area contributed by atoms with Gasteiger partial charge in [0, 0.05) is 24.0 Å². The maximum absolute atomic E-state index is 12.9. The van der Waals surface area contributed by atoms with Gasteiger partial charge in [0.1, 0.15) is 17.1 Å². The van der Waals surface area contributed by atoms with Crippen molar-refractivity contribution >= 4 is 6.09 Å². The van der Waals surface area contributed by atoms with Crippen molar-refractivity contribution in [2.24, 2.45) is 0 Å². The van der Waals surface area contributed by atoms with E-state index < -0.39 is 5.60 Å². The maximum Gasteiger partial charge on any atom is 0.411 e. The van der Waals surface area contributed by atoms with Gasteiger partial charge in [-0.3, -0.25) is 4.90 Å². The second-order valence-corrected chi connectivity index (χ2v) is 8.25. The number of nitrogens with zero attached hydrogens (tertiary/aromatic N) is 5. The summed E-state index contributed by atoms with van der Waals surface area (Å²) in [4.78, 5) is 33.0. The molecule has 7 heteroatoms. The number of piperidine rings is 1. The minimum atomic E-state index is -0.518. The normalized spacial score (nSPS) is 21.6. The van der Waals surface area contributed by atoms with Crippen LogP contribution in [0.15, 0.2) is 18.5 Å². The summed E-state index contributed by atoms with van der Waals surface area (Å²) in [6.07, 6.45) is 6.82. The summed E-state index contributed by atoms with van der Waals surface area (Å²) >= 11 is 0. The van der Waals surface area contributed by atoms with Crippen molar-refractivity contribution < 1.29 is 9.53 Å². The monoisotopic (exact) mass is 367 g/mol. The molecule has 0 radical (unpaired) electrons. The molecule has 4 heterocycles. The molecule has 1 saturated heterocycles. The highest BCUT2D eigenvalue weighted by Crippen LogP contribution is 2.43. The molecule has 1 amide bonds. The third kappa shape index (κ3) is 3.38. The minimum Gasteiger partial charge on any atom is -0.444 e. The molecule has 0 saturated carbocycles. The number of aromatic nitrogens is 4. The van der Waals surface area contributed by atoms with Crippen LogP contribution >= 0.6 is 0 Å². The molecule has 0 spiro atoms. The fourth-order valence-electron chi connectivity index (χ4n) is 4.08. The Labute approximate surface area is 159 Å². The summed E-state index contributed by atoms with van der Waals surface area (Å²) in [6.45, 7) is 7.57. The predicted octanol–water partition coefficient (Wildman–Crippen LogP) is 3.63. The molecule has 0 aliphatic carbocycles. The molecule has 0 aromatic carbocycles. The zero-order valence-corrected chi connectivity index (χ0v) is 16.3. The van der Waals surface area contributed by atoms with E-state index in [1.165, 1.54) is 0 Å². The molecule has 2 aromatic rings. The number of aryl methyl sites for hydroxylation is 1. The smallest absolute Gasteiger partial charge is 0.411 e. The molecule has 27 heavy (non-hydrogen) atoms. The molecule has 0 N–H and O–H groups in total. The van der Waals surface area contributed by atoms with Gasteiger partial charge in [0.05, 0.1) is 11.7 Å². The number of rotatable bonds is 1. The van der Waals surface area contributed by atoms with Gasteiger partial charge in [0.2, 0.25) is 0 Å². The molecular formula is C20H25N5O2. The van der Waals surface area contributed by atoms with E-state index in [-0.39, 0.29) is 18.2 Å². The lowest BCUT2D eigenvalue weighted by Gasteiger charge is -2.46. The molecule has 0 unspecified atom stereocenters. The Morgan fingerprint density at radius 1 is 1.19 bits per heavy atom. The van der Waals surface area contributed by atoms with E-state index in [1.54, 1.807) is 18.5 Å². The summed E-state index contributed by atoms with van der Waals surface area (Å²) in [5.41, 5.74) is 2.27. The summed E-state index contributed by atoms with van der Waals surface area (Å²) < 4.78 is 5.69. The Morgan fingerprint density at radius 3 is 2.63 bits per heavy atom. The van der Waals surface area contributed by atoms with E-state index in [0.717, 1.165) is 36.2 Å². The summed E-state index contributed by atoms with van der Waals surface area (Å²) in [6, 6.07) is 1.81. The van der Waals surface area contributed by atoms with Crippen LogP contribution in [0.3, 0.4) is 0 Å². The zero-order valence-electron chi connectivity index (χ0n) is 16.3. The number of carbonyl (C=O) groups is 1. The highest BCUT2D eigenvalue weighted by Gasteiger charge is 2.44. The number of hydrogen-bond donors (Lipinski definition) is 0. The molecule has 2 bridgehead atoms. The SMILES string of the molecule is Cc1nc(-c2ncccn2)c2c(n1)[C@H]1CCC[C@@H](C2)N1C(=O)OC(C)(C)C. The fraction of sp³-hybridized carbons (Fsp3) is 0.550. The van der Waals surface area contributed by atoms with Crippen LogP contribution in [0.1, 0.15) is 63.2 Å². The van der Waals surface area contributed by atoms with E-state index in [2.05, 4.69) is 15.0 Å². The lowest BCUT2D eigenvalue weighted by Crippen LogP contribution is -2.51. The standard InChI is InChI=1S/C20H25N5O2/c1-12-23-16-14(17(24-12)18-21-9-6-10-22-18)11-13-7-5-8-15(16)25(13)19(26)27-20(2,3)4/h6,9-10,13,15H,5,7-8,11H2,1-4H3/t13-,15+/m0/s1. The second kappa shape index (κ2) is 6.55. The Hall–Kier alpha value is -2.57. The zero-order chi connectivity index (χ0) is 19.2. The van der Waals surface area contributed by atoms with Gasteiger partial charge in [-0.2, -0.15) is 0 Å². The van der Waals surface area contributed by atoms with Crippen molar-refractivity contribution in [2.45, 2.75) is 71.1 Å². The van der Waals surface area contributed by atoms with Gasteiger partial charge in [0.15, 0.2) is 5.82 Å². The summed E-state index contributed by atoms with van der Waals surface area (Å²) in [5.74, 6) is 1.28. The van der Waals surface area contributed by atoms with Crippen LogP contribution in [0, 0.1) is 6.92 Å². The molecule has 2 aromatic heterocycles. The van der Waals surface area contributed by atoms with E-state index in [0.29, 0.717) is 18.1 Å². The van der Waals surface area contributed by atoms with Gasteiger partial charge in [-0.1, -0.05) is 0 Å². The molecule has 2 aliphatic rings. The van der Waals surface area contributed by atoms with Crippen LogP contribution in [0.5, 0.6) is 0 Å². The maximum atomic E-state index is 12.9. The Kier molecular flexibility index (Phi) is 4.32. The quantitative estimate of drug-likeness (QED) is 0.765. The first kappa shape index (κ1) is 17.8. The Morgan fingerprint density at radius 2 is 1.93 bits per heavy atom. The van der Waals surface area contributed by atoms with Gasteiger partial charge in [-0.15, -0.1) is 0 Å². The van der Waals surface area contributed by atoms with Crippen molar-refractivity contribution in [3.8, 4) is 11.5 Å². The average molecular weight is 367 g/mol. The van der Waals surface area contributed by atoms with Crippen molar-refractivity contribution in [1.82, 2.24) is 24.8 Å². The van der Waals surface area contributed by atoms with Crippen molar-refractivity contribution in [2.75, 3.05) is 0 Å². The van der Waals surface area contributed by atoms with Crippen LogP contribution in [0.4, 0.5) is 4.79 Å². The molecule has 2 atom stereocenters. The average Bonchev–Trinajstić information content (AvgIpc) is 2.61. The first-order valence-corrected chi connectivity index (χ1v) is 9.49. The number of ether oxygens (including phenoxy) is 1. The third-order valence-corrected chi connectivity index (χ3v) is 5.03. The van der Waals surface area contributed by atoms with Crippen LogP contribution < -0.4 is 0 Å². The molecular weight excluding hydrogens is 342 g/mol. The first-order chi connectivity index (χ1) is 12.8. The summed E-state index contributed by atoms with van der Waals surface area (Å²) in [5, 5.41) is 0. The van der Waals surface area contributed by atoms with Gasteiger partial charge in [-0.05, 0) is 59.4 Å². The van der Waals surface area contributed by atoms with E-state index in [9.17, 15) is 4.79 Å². The second-order valence-electron chi connectivity index (χ2n) is 8.25. The van der Waals surface area contributed by atoms with Gasteiger partial charge in [-0.25, -0.2) is 24.7 Å². The number of fused-ring (bicyclic) bond motifs is 4. The first-order valence-electron chi connectivity index (χ1n) is 9.49. The van der Waals surface area contributed by atoms with Gasteiger partial charge >= 0.3 is 6.09 Å². The largest absolute Gasteiger partial charge is 0.444 e. The number of amides is 1. The highest BCUT2D eigenvalue weighted by atomic mass is 16.6. The number of carbonyl (C=O) groups excluding carboxylic acids is 1. The molecule has 1 fully saturated rings. The fourth-order valence-corrected chi connectivity index (χ4v) is 4.08. The topological polar surface area (TPSA) is 81.1 Å². The minimum absolute atomic E-state index is 0.0773. The Balaban J connectivity index is 1.79. The van der Waals surface area contributed by atoms with Gasteiger partial charge in [0.25, 0.3) is 0 Å². The van der Waals surface area contributed by atoms with Crippen LogP contribution in [0.25, 0.3) is 11.5 Å². The molecule has 4 rings (SSSR count). The van der Waals surface area contributed by atoms with E-state index >= 15 is 0 Å². The Bertz CT molecular complexity index is 863.